The van der Waals surface area contributed by atoms with Crippen molar-refractivity contribution in [2.24, 2.45) is 0 Å². The molecule has 0 saturated heterocycles. The lowest BCUT2D eigenvalue weighted by molar-refractivity contribution is 0.209. The molecule has 0 fully saturated rings. The maximum absolute atomic E-state index is 12.7. The highest BCUT2D eigenvalue weighted by molar-refractivity contribution is 14.1. The van der Waals surface area contributed by atoms with Gasteiger partial charge in [0.1, 0.15) is 5.82 Å². The highest BCUT2D eigenvalue weighted by atomic mass is 127. The third kappa shape index (κ3) is 2.29. The van der Waals surface area contributed by atoms with E-state index in [9.17, 15) is 9.18 Å². The van der Waals surface area contributed by atoms with Gasteiger partial charge in [0.05, 0.1) is 3.57 Å². The average molecular weight is 282 g/mol. The standard InChI is InChI=1S/C6H4FIN2O2/c7-5-3(8)1-2-4(9-5)10-6(11)12/h1-2H,(H,9,10)(H,11,12). The van der Waals surface area contributed by atoms with E-state index >= 15 is 0 Å². The predicted molar refractivity (Wildman–Crippen MR) is 48.6 cm³/mol. The van der Waals surface area contributed by atoms with Crippen molar-refractivity contribution in [1.82, 2.24) is 4.98 Å². The number of hydrogen-bond acceptors (Lipinski definition) is 2. The topological polar surface area (TPSA) is 62.2 Å². The van der Waals surface area contributed by atoms with E-state index in [1.165, 1.54) is 12.1 Å². The van der Waals surface area contributed by atoms with E-state index in [1.54, 1.807) is 22.6 Å². The minimum atomic E-state index is -1.26. The van der Waals surface area contributed by atoms with Gasteiger partial charge in [0, 0.05) is 0 Å². The number of rotatable bonds is 1. The summed E-state index contributed by atoms with van der Waals surface area (Å²) in [7, 11) is 0. The zero-order valence-electron chi connectivity index (χ0n) is 5.71. The number of carbonyl (C=O) groups is 1. The SMILES string of the molecule is O=C(O)Nc1ccc(I)c(F)n1. The Hall–Kier alpha value is -0.920. The van der Waals surface area contributed by atoms with Crippen LogP contribution >= 0.6 is 22.6 Å². The Morgan fingerprint density at radius 2 is 2.33 bits per heavy atom. The van der Waals surface area contributed by atoms with E-state index in [1.807, 2.05) is 5.32 Å². The van der Waals surface area contributed by atoms with Crippen molar-refractivity contribution in [3.05, 3.63) is 21.7 Å². The van der Waals surface area contributed by atoms with Gasteiger partial charge in [-0.25, -0.2) is 9.78 Å². The fourth-order valence-electron chi connectivity index (χ4n) is 0.596. The van der Waals surface area contributed by atoms with Gasteiger partial charge in [-0.3, -0.25) is 5.32 Å². The lowest BCUT2D eigenvalue weighted by Crippen LogP contribution is -2.09. The van der Waals surface area contributed by atoms with Crippen LogP contribution in [0.1, 0.15) is 0 Å². The smallest absolute Gasteiger partial charge is 0.410 e. The first-order valence-corrected chi connectivity index (χ1v) is 3.99. The normalized spacial score (nSPS) is 9.50. The van der Waals surface area contributed by atoms with Crippen molar-refractivity contribution >= 4 is 34.5 Å². The van der Waals surface area contributed by atoms with E-state index < -0.39 is 12.0 Å². The summed E-state index contributed by atoms with van der Waals surface area (Å²) in [6.45, 7) is 0. The number of pyridine rings is 1. The molecule has 64 valence electrons. The Morgan fingerprint density at radius 3 is 2.83 bits per heavy atom. The molecule has 1 rings (SSSR count). The summed E-state index contributed by atoms with van der Waals surface area (Å²) < 4.78 is 13.0. The molecule has 0 atom stereocenters. The first-order valence-electron chi connectivity index (χ1n) is 2.91. The molecule has 0 aliphatic rings. The lowest BCUT2D eigenvalue weighted by atomic mass is 10.4. The predicted octanol–water partition coefficient (Wildman–Crippen LogP) is 1.92. The molecule has 1 amide bonds. The van der Waals surface area contributed by atoms with Gasteiger partial charge < -0.3 is 5.11 Å². The Labute approximate surface area is 80.9 Å². The van der Waals surface area contributed by atoms with Crippen LogP contribution in [-0.2, 0) is 0 Å². The Morgan fingerprint density at radius 1 is 1.67 bits per heavy atom. The van der Waals surface area contributed by atoms with Crippen LogP contribution < -0.4 is 5.32 Å². The Balaban J connectivity index is 2.89. The Kier molecular flexibility index (Phi) is 2.79. The first kappa shape index (κ1) is 9.17. The molecule has 0 aliphatic heterocycles. The first-order chi connectivity index (χ1) is 5.59. The summed E-state index contributed by atoms with van der Waals surface area (Å²) in [6, 6.07) is 2.83. The molecule has 0 spiro atoms. The Bertz CT molecular complexity index is 318. The zero-order chi connectivity index (χ0) is 9.14. The fourth-order valence-corrected chi connectivity index (χ4v) is 0.897. The van der Waals surface area contributed by atoms with Crippen LogP contribution in [0.15, 0.2) is 12.1 Å². The van der Waals surface area contributed by atoms with Gasteiger partial charge in [-0.05, 0) is 34.7 Å². The van der Waals surface area contributed by atoms with Crippen molar-refractivity contribution in [1.29, 1.82) is 0 Å². The zero-order valence-corrected chi connectivity index (χ0v) is 7.87. The van der Waals surface area contributed by atoms with Gasteiger partial charge in [-0.15, -0.1) is 0 Å². The van der Waals surface area contributed by atoms with Crippen LogP contribution in [0.25, 0.3) is 0 Å². The van der Waals surface area contributed by atoms with Crippen molar-refractivity contribution in [3.8, 4) is 0 Å². The number of nitrogens with zero attached hydrogens (tertiary/aromatic N) is 1. The van der Waals surface area contributed by atoms with E-state index in [4.69, 9.17) is 5.11 Å². The van der Waals surface area contributed by atoms with Crippen LogP contribution in [0.3, 0.4) is 0 Å². The molecule has 2 N–H and O–H groups in total. The molecular formula is C6H4FIN2O2. The van der Waals surface area contributed by atoms with Crippen LogP contribution in [0.2, 0.25) is 0 Å². The van der Waals surface area contributed by atoms with Crippen LogP contribution in [0.4, 0.5) is 15.0 Å². The average Bonchev–Trinajstić information content (AvgIpc) is 1.96. The molecule has 0 aliphatic carbocycles. The van der Waals surface area contributed by atoms with Crippen LogP contribution in [0.5, 0.6) is 0 Å². The molecule has 1 aromatic rings. The number of nitrogens with one attached hydrogen (secondary N) is 1. The summed E-state index contributed by atoms with van der Waals surface area (Å²) >= 11 is 1.76. The lowest BCUT2D eigenvalue weighted by Gasteiger charge is -1.99. The fraction of sp³-hybridized carbons (Fsp3) is 0. The highest BCUT2D eigenvalue weighted by Crippen LogP contribution is 2.11. The third-order valence-corrected chi connectivity index (χ3v) is 1.84. The molecule has 1 heterocycles. The van der Waals surface area contributed by atoms with Crippen molar-refractivity contribution in [2.75, 3.05) is 5.32 Å². The molecule has 1 aromatic heterocycles. The second-order valence-corrected chi connectivity index (χ2v) is 3.06. The molecule has 0 unspecified atom stereocenters. The molecule has 6 heteroatoms. The van der Waals surface area contributed by atoms with E-state index in [0.29, 0.717) is 3.57 Å². The summed E-state index contributed by atoms with van der Waals surface area (Å²) in [5.74, 6) is -0.692. The highest BCUT2D eigenvalue weighted by Gasteiger charge is 2.03. The summed E-state index contributed by atoms with van der Waals surface area (Å²) in [5.41, 5.74) is 0. The number of halogens is 2. The van der Waals surface area contributed by atoms with Crippen molar-refractivity contribution in [3.63, 3.8) is 0 Å². The molecular weight excluding hydrogens is 278 g/mol. The number of carboxylic acid groups (broad SMARTS) is 1. The maximum atomic E-state index is 12.7. The number of anilines is 1. The van der Waals surface area contributed by atoms with Gasteiger partial charge in [0.15, 0.2) is 0 Å². The van der Waals surface area contributed by atoms with Gasteiger partial charge >= 0.3 is 6.09 Å². The molecule has 12 heavy (non-hydrogen) atoms. The largest absolute Gasteiger partial charge is 0.465 e. The monoisotopic (exact) mass is 282 g/mol. The van der Waals surface area contributed by atoms with E-state index in [-0.39, 0.29) is 5.82 Å². The number of hydrogen-bond donors (Lipinski definition) is 2. The summed E-state index contributed by atoms with van der Waals surface area (Å²) in [4.78, 5) is 13.4. The van der Waals surface area contributed by atoms with Crippen LogP contribution in [-0.4, -0.2) is 16.2 Å². The van der Waals surface area contributed by atoms with Gasteiger partial charge in [0.2, 0.25) is 5.95 Å². The molecule has 0 saturated carbocycles. The second kappa shape index (κ2) is 3.65. The van der Waals surface area contributed by atoms with Gasteiger partial charge in [-0.1, -0.05) is 0 Å². The quantitative estimate of drug-likeness (QED) is 0.611. The van der Waals surface area contributed by atoms with E-state index in [2.05, 4.69) is 4.98 Å². The molecule has 0 bridgehead atoms. The number of aromatic nitrogens is 1. The molecule has 0 aromatic carbocycles. The van der Waals surface area contributed by atoms with Gasteiger partial charge in [0.25, 0.3) is 0 Å². The summed E-state index contributed by atoms with van der Waals surface area (Å²) in [6.07, 6.45) is -1.26. The van der Waals surface area contributed by atoms with Gasteiger partial charge in [-0.2, -0.15) is 4.39 Å². The minimum Gasteiger partial charge on any atom is -0.465 e. The molecule has 0 radical (unpaired) electrons. The minimum absolute atomic E-state index is 0.0135. The molecule has 4 nitrogen and oxygen atoms in total. The van der Waals surface area contributed by atoms with Crippen molar-refractivity contribution in [2.45, 2.75) is 0 Å². The van der Waals surface area contributed by atoms with E-state index in [0.717, 1.165) is 0 Å². The number of amides is 1. The van der Waals surface area contributed by atoms with Crippen molar-refractivity contribution < 1.29 is 14.3 Å². The second-order valence-electron chi connectivity index (χ2n) is 1.90. The summed E-state index contributed by atoms with van der Waals surface area (Å²) in [5, 5.41) is 10.2. The maximum Gasteiger partial charge on any atom is 0.410 e. The van der Waals surface area contributed by atoms with Crippen LogP contribution in [0, 0.1) is 9.52 Å². The third-order valence-electron chi connectivity index (χ3n) is 1.04.